The Morgan fingerprint density at radius 1 is 0.727 bits per heavy atom. The van der Waals surface area contributed by atoms with Crippen molar-refractivity contribution < 1.29 is 55.6 Å². The van der Waals surface area contributed by atoms with E-state index >= 15 is 0 Å². The van der Waals surface area contributed by atoms with E-state index in [2.05, 4.69) is 10.6 Å². The number of carboxylic acids is 1. The predicted octanol–water partition coefficient (Wildman–Crippen LogP) is -0.338. The van der Waals surface area contributed by atoms with Gasteiger partial charge in [-0.15, -0.1) is 0 Å². The molecule has 0 aromatic heterocycles. The van der Waals surface area contributed by atoms with Gasteiger partial charge in [-0.3, -0.25) is 9.59 Å². The molecular weight excluding hydrogens is 431 g/mol. The van der Waals surface area contributed by atoms with Crippen LogP contribution in [0.2, 0.25) is 0 Å². The van der Waals surface area contributed by atoms with Crippen LogP contribution in [0.5, 0.6) is 5.75 Å². The van der Waals surface area contributed by atoms with Gasteiger partial charge in [0.2, 0.25) is 5.91 Å². The summed E-state index contributed by atoms with van der Waals surface area (Å²) in [6.45, 7) is 0. The van der Waals surface area contributed by atoms with Gasteiger partial charge in [-0.1, -0.05) is 60.7 Å². The first kappa shape index (κ1) is 26.1. The van der Waals surface area contributed by atoms with Gasteiger partial charge >= 0.3 is 35.5 Å². The molecule has 0 aliphatic rings. The van der Waals surface area contributed by atoms with Gasteiger partial charge in [-0.05, 0) is 35.4 Å². The Morgan fingerprint density at radius 3 is 1.70 bits per heavy atom. The van der Waals surface area contributed by atoms with Gasteiger partial charge in [0.1, 0.15) is 17.8 Å². The molecule has 2 amide bonds. The van der Waals surface area contributed by atoms with Gasteiger partial charge in [0.05, 0.1) is 0 Å². The van der Waals surface area contributed by atoms with Gasteiger partial charge in [-0.25, -0.2) is 4.79 Å². The second-order valence-corrected chi connectivity index (χ2v) is 7.35. The third kappa shape index (κ3) is 8.05. The third-order valence-electron chi connectivity index (χ3n) is 4.93. The monoisotopic (exact) mass is 456 g/mol. The molecule has 0 saturated heterocycles. The first-order chi connectivity index (χ1) is 15.4. The normalized spacial score (nSPS) is 12.0. The second kappa shape index (κ2) is 12.8. The number of carbonyl (C=O) groups is 3. The number of hydrogen-bond donors (Lipinski definition) is 4. The molecule has 0 aliphatic carbocycles. The summed E-state index contributed by atoms with van der Waals surface area (Å²) in [4.78, 5) is 37.5. The molecular formula is C25H25N2NaO5. The van der Waals surface area contributed by atoms with Crippen molar-refractivity contribution >= 4 is 17.8 Å². The summed E-state index contributed by atoms with van der Waals surface area (Å²) in [5, 5.41) is 24.3. The quantitative estimate of drug-likeness (QED) is 0.329. The minimum Gasteiger partial charge on any atom is -1.00 e. The van der Waals surface area contributed by atoms with Crippen LogP contribution in [0.15, 0.2) is 84.9 Å². The zero-order chi connectivity index (χ0) is 22.9. The summed E-state index contributed by atoms with van der Waals surface area (Å²) < 4.78 is 0. The third-order valence-corrected chi connectivity index (χ3v) is 4.93. The number of carbonyl (C=O) groups excluding carboxylic acids is 2. The maximum atomic E-state index is 13.0. The summed E-state index contributed by atoms with van der Waals surface area (Å²) >= 11 is 0. The molecule has 33 heavy (non-hydrogen) atoms. The Labute approximate surface area is 215 Å². The molecule has 0 unspecified atom stereocenters. The van der Waals surface area contributed by atoms with Crippen molar-refractivity contribution in [1.29, 1.82) is 0 Å². The van der Waals surface area contributed by atoms with Crippen LogP contribution in [-0.2, 0) is 22.4 Å². The van der Waals surface area contributed by atoms with E-state index in [-0.39, 0.29) is 55.1 Å². The van der Waals surface area contributed by atoms with Gasteiger partial charge in [0.15, 0.2) is 0 Å². The number of rotatable bonds is 9. The molecule has 166 valence electrons. The predicted molar refractivity (Wildman–Crippen MR) is 120 cm³/mol. The van der Waals surface area contributed by atoms with Crippen LogP contribution < -0.4 is 40.2 Å². The summed E-state index contributed by atoms with van der Waals surface area (Å²) in [6.07, 6.45) is 0.306. The molecule has 8 heteroatoms. The summed E-state index contributed by atoms with van der Waals surface area (Å²) in [6, 6.07) is 21.6. The van der Waals surface area contributed by atoms with E-state index in [4.69, 9.17) is 0 Å². The van der Waals surface area contributed by atoms with E-state index in [0.717, 1.165) is 11.1 Å². The standard InChI is InChI=1S/C25H24N2O5.Na.H/c28-20-13-11-19(12-14-20)23(29)26-21(15-17-7-3-1-4-8-17)24(30)27-22(25(31)32)16-18-9-5-2-6-10-18;;/h1-14,21-22,28H,15-16H2,(H,26,29)(H,27,30)(H,31,32);;/q;+1;-1/t21-,22-;;/m0../s1. The minimum absolute atomic E-state index is 0. The number of aliphatic carboxylic acids is 1. The van der Waals surface area contributed by atoms with Crippen molar-refractivity contribution in [3.63, 3.8) is 0 Å². The van der Waals surface area contributed by atoms with Crippen LogP contribution in [-0.4, -0.2) is 40.1 Å². The SMILES string of the molecule is O=C(N[C@@H](Cc1ccccc1)C(=O)N[C@@H](Cc1ccccc1)C(=O)O)c1ccc(O)cc1.[H-].[Na+]. The van der Waals surface area contributed by atoms with E-state index < -0.39 is 29.9 Å². The molecule has 0 heterocycles. The number of hydrogen-bond acceptors (Lipinski definition) is 4. The number of benzene rings is 3. The van der Waals surface area contributed by atoms with Crippen molar-refractivity contribution in [2.45, 2.75) is 24.9 Å². The second-order valence-electron chi connectivity index (χ2n) is 7.35. The van der Waals surface area contributed by atoms with Gasteiger partial charge < -0.3 is 22.3 Å². The van der Waals surface area contributed by atoms with E-state index in [1.807, 2.05) is 36.4 Å². The fourth-order valence-corrected chi connectivity index (χ4v) is 3.24. The number of nitrogens with one attached hydrogen (secondary N) is 2. The van der Waals surface area contributed by atoms with Crippen LogP contribution in [0.1, 0.15) is 22.9 Å². The Morgan fingerprint density at radius 2 is 1.21 bits per heavy atom. The van der Waals surface area contributed by atoms with Crippen LogP contribution in [0.3, 0.4) is 0 Å². The molecule has 2 atom stereocenters. The maximum Gasteiger partial charge on any atom is 1.00 e. The number of aromatic hydroxyl groups is 1. The number of amides is 2. The largest absolute Gasteiger partial charge is 1.00 e. The topological polar surface area (TPSA) is 116 Å². The summed E-state index contributed by atoms with van der Waals surface area (Å²) in [7, 11) is 0. The average Bonchev–Trinajstić information content (AvgIpc) is 2.80. The molecule has 0 fully saturated rings. The smallest absolute Gasteiger partial charge is 1.00 e. The summed E-state index contributed by atoms with van der Waals surface area (Å²) in [5.41, 5.74) is 1.86. The number of carboxylic acid groups (broad SMARTS) is 1. The van der Waals surface area contributed by atoms with Gasteiger partial charge in [0, 0.05) is 18.4 Å². The Hall–Kier alpha value is -3.13. The Bertz CT molecular complexity index is 1070. The summed E-state index contributed by atoms with van der Waals surface area (Å²) in [5.74, 6) is -2.24. The number of phenols is 1. The van der Waals surface area contributed by atoms with Crippen LogP contribution in [0, 0.1) is 0 Å². The molecule has 3 rings (SSSR count). The van der Waals surface area contributed by atoms with Crippen LogP contribution in [0.4, 0.5) is 0 Å². The van der Waals surface area contributed by atoms with Crippen LogP contribution in [0.25, 0.3) is 0 Å². The van der Waals surface area contributed by atoms with Gasteiger partial charge in [0.25, 0.3) is 5.91 Å². The van der Waals surface area contributed by atoms with E-state index in [1.165, 1.54) is 24.3 Å². The Balaban J connectivity index is 0.00000289. The first-order valence-electron chi connectivity index (χ1n) is 10.1. The molecule has 4 N–H and O–H groups in total. The molecule has 7 nitrogen and oxygen atoms in total. The molecule has 0 bridgehead atoms. The van der Waals surface area contributed by atoms with E-state index in [0.29, 0.717) is 0 Å². The fraction of sp³-hybridized carbons (Fsp3) is 0.160. The first-order valence-corrected chi connectivity index (χ1v) is 10.1. The van der Waals surface area contributed by atoms with Crippen molar-refractivity contribution in [2.75, 3.05) is 0 Å². The molecule has 3 aromatic rings. The Kier molecular flexibility index (Phi) is 10.1. The molecule has 0 spiro atoms. The van der Waals surface area contributed by atoms with Crippen molar-refractivity contribution in [1.82, 2.24) is 10.6 Å². The average molecular weight is 456 g/mol. The van der Waals surface area contributed by atoms with E-state index in [1.54, 1.807) is 24.3 Å². The van der Waals surface area contributed by atoms with Crippen molar-refractivity contribution in [3.05, 3.63) is 102 Å². The molecule has 0 radical (unpaired) electrons. The van der Waals surface area contributed by atoms with E-state index in [9.17, 15) is 24.6 Å². The molecule has 0 aliphatic heterocycles. The molecule has 0 saturated carbocycles. The maximum absolute atomic E-state index is 13.0. The minimum atomic E-state index is -1.16. The fourth-order valence-electron chi connectivity index (χ4n) is 3.24. The zero-order valence-electron chi connectivity index (χ0n) is 19.3. The van der Waals surface area contributed by atoms with Crippen molar-refractivity contribution in [3.8, 4) is 5.75 Å². The van der Waals surface area contributed by atoms with Crippen molar-refractivity contribution in [2.24, 2.45) is 0 Å². The van der Waals surface area contributed by atoms with Crippen LogP contribution >= 0.6 is 0 Å². The molecule has 3 aromatic carbocycles. The number of phenolic OH excluding ortho intramolecular Hbond substituents is 1. The zero-order valence-corrected chi connectivity index (χ0v) is 20.3. The van der Waals surface area contributed by atoms with Gasteiger partial charge in [-0.2, -0.15) is 0 Å².